The highest BCUT2D eigenvalue weighted by Crippen LogP contribution is 2.17. The molecule has 0 unspecified atom stereocenters. The van der Waals surface area contributed by atoms with Crippen molar-refractivity contribution in [2.24, 2.45) is 4.99 Å². The lowest BCUT2D eigenvalue weighted by Crippen LogP contribution is -2.31. The largest absolute Gasteiger partial charge is 0.321 e. The highest BCUT2D eigenvalue weighted by Gasteiger charge is 2.13. The first-order valence-electron chi connectivity index (χ1n) is 9.09. The number of benzene rings is 3. The number of hydrogen-bond acceptors (Lipinski definition) is 4. The van der Waals surface area contributed by atoms with Crippen LogP contribution in [-0.2, 0) is 0 Å². The van der Waals surface area contributed by atoms with E-state index in [-0.39, 0.29) is 10.4 Å². The Kier molecular flexibility index (Phi) is 5.88. The summed E-state index contributed by atoms with van der Waals surface area (Å²) in [7, 11) is 0. The molecule has 7 heteroatoms. The second-order valence-electron chi connectivity index (χ2n) is 6.31. The lowest BCUT2D eigenvalue weighted by molar-refractivity contribution is 0.103. The summed E-state index contributed by atoms with van der Waals surface area (Å²) < 4.78 is 1.49. The van der Waals surface area contributed by atoms with E-state index in [4.69, 9.17) is 11.6 Å². The molecule has 1 amide bonds. The van der Waals surface area contributed by atoms with Gasteiger partial charge in [-0.25, -0.2) is 4.99 Å². The first-order chi connectivity index (χ1) is 14.6. The van der Waals surface area contributed by atoms with Crippen LogP contribution in [0.4, 0.5) is 11.4 Å². The van der Waals surface area contributed by atoms with E-state index in [1.54, 1.807) is 24.3 Å². The smallest absolute Gasteiger partial charge is 0.266 e. The highest BCUT2D eigenvalue weighted by molar-refractivity contribution is 7.11. The third-order valence-corrected chi connectivity index (χ3v) is 5.38. The normalized spacial score (nSPS) is 11.3. The molecule has 4 rings (SSSR count). The van der Waals surface area contributed by atoms with Crippen LogP contribution in [-0.4, -0.2) is 10.5 Å². The molecule has 0 atom stereocenters. The Hall–Kier alpha value is -3.48. The molecule has 4 aromatic rings. The van der Waals surface area contributed by atoms with Crippen LogP contribution in [0, 0.1) is 0 Å². The third-order valence-electron chi connectivity index (χ3n) is 4.17. The molecular formula is C23H16ClN3O2S. The number of para-hydroxylation sites is 2. The Bertz CT molecular complexity index is 1320. The molecule has 1 heterocycles. The van der Waals surface area contributed by atoms with E-state index in [1.165, 1.54) is 10.6 Å². The molecule has 0 saturated heterocycles. The van der Waals surface area contributed by atoms with Crippen molar-refractivity contribution in [3.8, 4) is 5.69 Å². The monoisotopic (exact) mass is 433 g/mol. The maximum absolute atomic E-state index is 13.0. The summed E-state index contributed by atoms with van der Waals surface area (Å²) in [6.45, 7) is 0. The van der Waals surface area contributed by atoms with Crippen LogP contribution >= 0.6 is 22.9 Å². The summed E-state index contributed by atoms with van der Waals surface area (Å²) in [5.74, 6) is -0.399. The van der Waals surface area contributed by atoms with Gasteiger partial charge in [-0.1, -0.05) is 65.4 Å². The molecule has 3 aromatic carbocycles. The highest BCUT2D eigenvalue weighted by atomic mass is 35.5. The molecule has 148 valence electrons. The topological polar surface area (TPSA) is 63.5 Å². The van der Waals surface area contributed by atoms with E-state index in [0.29, 0.717) is 26.9 Å². The number of carbonyl (C=O) groups is 1. The number of halogens is 1. The van der Waals surface area contributed by atoms with Gasteiger partial charge in [0, 0.05) is 16.8 Å². The molecule has 1 N–H and O–H groups in total. The SMILES string of the molecule is O=C(Nc1cccc(Cl)c1)c1cc(=O)n(-c2ccccc2)c(=Nc2ccccc2)s1. The fourth-order valence-electron chi connectivity index (χ4n) is 2.82. The summed E-state index contributed by atoms with van der Waals surface area (Å²) in [6.07, 6.45) is 0. The van der Waals surface area contributed by atoms with Gasteiger partial charge in [0.25, 0.3) is 11.5 Å². The molecule has 0 aliphatic rings. The van der Waals surface area contributed by atoms with E-state index in [2.05, 4.69) is 10.3 Å². The number of anilines is 1. The van der Waals surface area contributed by atoms with Crippen LogP contribution in [0.15, 0.2) is 101 Å². The van der Waals surface area contributed by atoms with Crippen molar-refractivity contribution in [3.63, 3.8) is 0 Å². The first kappa shape index (κ1) is 19.8. The second-order valence-corrected chi connectivity index (χ2v) is 7.76. The zero-order valence-electron chi connectivity index (χ0n) is 15.7. The average Bonchev–Trinajstić information content (AvgIpc) is 2.75. The molecule has 0 spiro atoms. The Labute approximate surface area is 181 Å². The number of nitrogens with zero attached hydrogens (tertiary/aromatic N) is 2. The molecule has 0 radical (unpaired) electrons. The van der Waals surface area contributed by atoms with Crippen molar-refractivity contribution in [1.82, 2.24) is 4.57 Å². The second kappa shape index (κ2) is 8.90. The van der Waals surface area contributed by atoms with Gasteiger partial charge in [0.15, 0.2) is 4.80 Å². The molecule has 0 aliphatic heterocycles. The third kappa shape index (κ3) is 4.56. The Balaban J connectivity index is 1.83. The molecule has 0 aliphatic carbocycles. The van der Waals surface area contributed by atoms with Crippen molar-refractivity contribution >= 4 is 40.2 Å². The lowest BCUT2D eigenvalue weighted by Gasteiger charge is -2.09. The van der Waals surface area contributed by atoms with E-state index >= 15 is 0 Å². The van der Waals surface area contributed by atoms with Gasteiger partial charge in [-0.05, 0) is 42.5 Å². The van der Waals surface area contributed by atoms with E-state index in [1.807, 2.05) is 60.7 Å². The number of rotatable bonds is 4. The molecule has 0 saturated carbocycles. The van der Waals surface area contributed by atoms with Gasteiger partial charge >= 0.3 is 0 Å². The molecule has 30 heavy (non-hydrogen) atoms. The van der Waals surface area contributed by atoms with Gasteiger partial charge in [0.05, 0.1) is 11.4 Å². The van der Waals surface area contributed by atoms with E-state index in [0.717, 1.165) is 11.3 Å². The molecule has 5 nitrogen and oxygen atoms in total. The standard InChI is InChI=1S/C23H16ClN3O2S/c24-16-8-7-11-18(14-16)25-22(29)20-15-21(28)27(19-12-5-2-6-13-19)23(30-20)26-17-9-3-1-4-10-17/h1-15H,(H,25,29). The van der Waals surface area contributed by atoms with Gasteiger partial charge in [-0.15, -0.1) is 0 Å². The Morgan fingerprint density at radius 1 is 0.900 bits per heavy atom. The average molecular weight is 434 g/mol. The van der Waals surface area contributed by atoms with Crippen LogP contribution in [0.2, 0.25) is 5.02 Å². The zero-order valence-corrected chi connectivity index (χ0v) is 17.2. The van der Waals surface area contributed by atoms with Crippen LogP contribution in [0.3, 0.4) is 0 Å². The minimum atomic E-state index is -0.399. The number of carbonyl (C=O) groups excluding carboxylic acids is 1. The Morgan fingerprint density at radius 3 is 2.30 bits per heavy atom. The summed E-state index contributed by atoms with van der Waals surface area (Å²) >= 11 is 7.12. The van der Waals surface area contributed by atoms with Crippen LogP contribution in [0.5, 0.6) is 0 Å². The first-order valence-corrected chi connectivity index (χ1v) is 10.3. The number of amides is 1. The van der Waals surface area contributed by atoms with Crippen LogP contribution < -0.4 is 15.7 Å². The van der Waals surface area contributed by atoms with Gasteiger partial charge < -0.3 is 5.32 Å². The number of aromatic nitrogens is 1. The maximum atomic E-state index is 13.0. The zero-order chi connectivity index (χ0) is 20.9. The van der Waals surface area contributed by atoms with Crippen molar-refractivity contribution < 1.29 is 4.79 Å². The predicted molar refractivity (Wildman–Crippen MR) is 121 cm³/mol. The summed E-state index contributed by atoms with van der Waals surface area (Å²) in [5.41, 5.74) is 1.57. The van der Waals surface area contributed by atoms with Crippen molar-refractivity contribution in [3.05, 3.63) is 116 Å². The minimum absolute atomic E-state index is 0.252. The quantitative estimate of drug-likeness (QED) is 0.490. The van der Waals surface area contributed by atoms with Gasteiger partial charge in [0.2, 0.25) is 0 Å². The fourth-order valence-corrected chi connectivity index (χ4v) is 3.94. The molecule has 0 bridgehead atoms. The Morgan fingerprint density at radius 2 is 1.60 bits per heavy atom. The molecule has 1 aromatic heterocycles. The summed E-state index contributed by atoms with van der Waals surface area (Å²) in [5, 5.41) is 3.28. The predicted octanol–water partition coefficient (Wildman–Crippen LogP) is 5.04. The molecular weight excluding hydrogens is 418 g/mol. The van der Waals surface area contributed by atoms with Crippen LogP contribution in [0.1, 0.15) is 9.67 Å². The minimum Gasteiger partial charge on any atom is -0.321 e. The van der Waals surface area contributed by atoms with E-state index in [9.17, 15) is 9.59 Å². The van der Waals surface area contributed by atoms with Crippen molar-refractivity contribution in [2.75, 3.05) is 5.32 Å². The van der Waals surface area contributed by atoms with Gasteiger partial charge in [0.1, 0.15) is 4.88 Å². The maximum Gasteiger partial charge on any atom is 0.266 e. The van der Waals surface area contributed by atoms with Gasteiger partial charge in [-0.2, -0.15) is 0 Å². The number of nitrogens with one attached hydrogen (secondary N) is 1. The van der Waals surface area contributed by atoms with E-state index < -0.39 is 5.91 Å². The summed E-state index contributed by atoms with van der Waals surface area (Å²) in [6, 6.07) is 26.7. The molecule has 0 fully saturated rings. The fraction of sp³-hybridized carbons (Fsp3) is 0. The van der Waals surface area contributed by atoms with Crippen LogP contribution in [0.25, 0.3) is 5.69 Å². The number of hydrogen-bond donors (Lipinski definition) is 1. The van der Waals surface area contributed by atoms with Gasteiger partial charge in [-0.3, -0.25) is 14.2 Å². The lowest BCUT2D eigenvalue weighted by atomic mass is 10.3. The van der Waals surface area contributed by atoms with Crippen molar-refractivity contribution in [2.45, 2.75) is 0 Å². The van der Waals surface area contributed by atoms with Crippen molar-refractivity contribution in [1.29, 1.82) is 0 Å². The summed E-state index contributed by atoms with van der Waals surface area (Å²) in [4.78, 5) is 31.0.